The van der Waals surface area contributed by atoms with Crippen LogP contribution in [0.1, 0.15) is 11.1 Å². The molecule has 0 aliphatic rings. The second kappa shape index (κ2) is 7.67. The van der Waals surface area contributed by atoms with Crippen LogP contribution in [0.5, 0.6) is 0 Å². The first-order valence-corrected chi connectivity index (χ1v) is 8.41. The molecular formula is C16H10N6O10. The van der Waals surface area contributed by atoms with Crippen molar-refractivity contribution in [3.63, 3.8) is 0 Å². The van der Waals surface area contributed by atoms with Crippen LogP contribution in [0.4, 0.5) is 22.7 Å². The lowest BCUT2D eigenvalue weighted by Gasteiger charge is -2.05. The first kappa shape index (κ1) is 21.7. The number of rotatable bonds is 6. The Balaban J connectivity index is 2.37. The molecule has 0 atom stereocenters. The molecule has 3 rings (SSSR count). The van der Waals surface area contributed by atoms with Gasteiger partial charge in [-0.2, -0.15) is 0 Å². The van der Waals surface area contributed by atoms with Crippen LogP contribution in [0, 0.1) is 59.5 Å². The van der Waals surface area contributed by atoms with Gasteiger partial charge in [0.2, 0.25) is 5.69 Å². The predicted octanol–water partition coefficient (Wildman–Crippen LogP) is 2.89. The zero-order valence-corrected chi connectivity index (χ0v) is 16.1. The Morgan fingerprint density at radius 3 is 1.41 bits per heavy atom. The monoisotopic (exact) mass is 446 g/mol. The van der Waals surface area contributed by atoms with Gasteiger partial charge in [0.05, 0.1) is 19.7 Å². The van der Waals surface area contributed by atoms with Crippen molar-refractivity contribution in [1.29, 1.82) is 0 Å². The van der Waals surface area contributed by atoms with Crippen LogP contribution in [0.3, 0.4) is 0 Å². The second-order valence-corrected chi connectivity index (χ2v) is 6.43. The average Bonchev–Trinajstić information content (AvgIpc) is 3.08. The largest absolute Gasteiger partial charge is 0.359 e. The molecule has 0 radical (unpaired) electrons. The van der Waals surface area contributed by atoms with Crippen LogP contribution >= 0.6 is 0 Å². The Morgan fingerprint density at radius 1 is 0.719 bits per heavy atom. The summed E-state index contributed by atoms with van der Waals surface area (Å²) in [6.07, 6.45) is 0. The van der Waals surface area contributed by atoms with Crippen LogP contribution in [-0.2, 0) is 0 Å². The summed E-state index contributed by atoms with van der Waals surface area (Å²) in [5.41, 5.74) is -4.85. The summed E-state index contributed by atoms with van der Waals surface area (Å²) in [6, 6.07) is 3.54. The molecular weight excluding hydrogens is 436 g/mol. The molecule has 0 amide bonds. The molecule has 16 heteroatoms. The van der Waals surface area contributed by atoms with Crippen molar-refractivity contribution >= 4 is 22.7 Å². The highest BCUT2D eigenvalue weighted by atomic mass is 16.8. The second-order valence-electron chi connectivity index (χ2n) is 6.43. The molecule has 0 aliphatic carbocycles. The highest BCUT2D eigenvalue weighted by Gasteiger charge is 2.33. The van der Waals surface area contributed by atoms with Gasteiger partial charge in [-0.15, -0.1) is 0 Å². The van der Waals surface area contributed by atoms with Gasteiger partial charge in [0, 0.05) is 40.5 Å². The number of hydrogen-bond donors (Lipinski definition) is 0. The smallest absolute Gasteiger partial charge is 0.279 e. The number of benzene rings is 2. The highest BCUT2D eigenvalue weighted by Crippen LogP contribution is 2.39. The third-order valence-corrected chi connectivity index (χ3v) is 4.65. The van der Waals surface area contributed by atoms with Crippen LogP contribution in [0.15, 0.2) is 28.9 Å². The van der Waals surface area contributed by atoms with Gasteiger partial charge in [0.25, 0.3) is 28.4 Å². The van der Waals surface area contributed by atoms with E-state index < -0.39 is 53.8 Å². The van der Waals surface area contributed by atoms with E-state index in [0.717, 1.165) is 38.1 Å². The summed E-state index contributed by atoms with van der Waals surface area (Å²) in [5.74, 6) is 0. The van der Waals surface area contributed by atoms with Crippen molar-refractivity contribution in [3.05, 3.63) is 81.1 Å². The van der Waals surface area contributed by atoms with Gasteiger partial charge in [-0.3, -0.25) is 45.1 Å². The van der Waals surface area contributed by atoms with Crippen molar-refractivity contribution in [2.45, 2.75) is 13.8 Å². The molecule has 2 aromatic carbocycles. The Labute approximate surface area is 175 Å². The maximum absolute atomic E-state index is 12.2. The lowest BCUT2D eigenvalue weighted by Crippen LogP contribution is -2.25. The van der Waals surface area contributed by atoms with Crippen molar-refractivity contribution in [2.24, 2.45) is 0 Å². The van der Waals surface area contributed by atoms with E-state index in [1.54, 1.807) is 0 Å². The van der Waals surface area contributed by atoms with Gasteiger partial charge in [-0.05, 0) is 18.8 Å². The van der Waals surface area contributed by atoms with Gasteiger partial charge in [0.1, 0.15) is 11.1 Å². The van der Waals surface area contributed by atoms with E-state index in [4.69, 9.17) is 0 Å². The lowest BCUT2D eigenvalue weighted by molar-refractivity contribution is -0.793. The fourth-order valence-electron chi connectivity index (χ4n) is 3.08. The summed E-state index contributed by atoms with van der Waals surface area (Å²) in [7, 11) is 0. The molecule has 0 fully saturated rings. The number of aromatic nitrogens is 2. The predicted molar refractivity (Wildman–Crippen MR) is 102 cm³/mol. The molecule has 1 aromatic heterocycles. The quantitative estimate of drug-likeness (QED) is 0.303. The molecule has 3 aromatic rings. The minimum Gasteiger partial charge on any atom is -0.359 e. The fourth-order valence-corrected chi connectivity index (χ4v) is 3.08. The van der Waals surface area contributed by atoms with Gasteiger partial charge >= 0.3 is 0 Å². The lowest BCUT2D eigenvalue weighted by atomic mass is 9.99. The van der Waals surface area contributed by atoms with Crippen LogP contribution in [-0.4, -0.2) is 24.8 Å². The molecule has 0 N–H and O–H groups in total. The van der Waals surface area contributed by atoms with Crippen molar-refractivity contribution in [3.8, 4) is 22.5 Å². The standard InChI is InChI=1S/C16H10N6O10/c1-7-11(18(23)24)3-9(4-12(7)19(25)26)15-16(22(31)32-17-15)10-5-13(20(27)28)8(2)14(6-10)21(29)30/h3-6H,1-2H3. The molecule has 0 saturated heterocycles. The molecule has 0 saturated carbocycles. The summed E-state index contributed by atoms with van der Waals surface area (Å²) >= 11 is 0. The minimum atomic E-state index is -0.893. The topological polar surface area (TPSA) is 226 Å². The molecule has 32 heavy (non-hydrogen) atoms. The fraction of sp³-hybridized carbons (Fsp3) is 0.125. The first-order valence-electron chi connectivity index (χ1n) is 8.41. The summed E-state index contributed by atoms with van der Waals surface area (Å²) in [5, 5.41) is 61.1. The Bertz CT molecular complexity index is 1260. The number of nitro groups is 4. The van der Waals surface area contributed by atoms with Crippen LogP contribution < -0.4 is 4.90 Å². The summed E-state index contributed by atoms with van der Waals surface area (Å²) in [4.78, 5) is 41.6. The van der Waals surface area contributed by atoms with E-state index in [2.05, 4.69) is 9.79 Å². The van der Waals surface area contributed by atoms with Crippen molar-refractivity contribution in [2.75, 3.05) is 0 Å². The van der Waals surface area contributed by atoms with Crippen molar-refractivity contribution < 1.29 is 29.2 Å². The molecule has 0 bridgehead atoms. The number of hydrogen-bond acceptors (Lipinski definition) is 11. The third-order valence-electron chi connectivity index (χ3n) is 4.65. The van der Waals surface area contributed by atoms with E-state index in [1.165, 1.54) is 0 Å². The Morgan fingerprint density at radius 2 is 1.06 bits per heavy atom. The van der Waals surface area contributed by atoms with Crippen LogP contribution in [0.25, 0.3) is 22.5 Å². The maximum atomic E-state index is 12.2. The minimum absolute atomic E-state index is 0.217. The third kappa shape index (κ3) is 3.51. The average molecular weight is 446 g/mol. The van der Waals surface area contributed by atoms with E-state index in [9.17, 15) is 45.7 Å². The molecule has 0 spiro atoms. The number of nitrogens with zero attached hydrogens (tertiary/aromatic N) is 6. The van der Waals surface area contributed by atoms with Gasteiger partial charge < -0.3 is 5.21 Å². The van der Waals surface area contributed by atoms with Gasteiger partial charge in [-0.25, -0.2) is 0 Å². The molecule has 164 valence electrons. The first-order chi connectivity index (χ1) is 14.9. The summed E-state index contributed by atoms with van der Waals surface area (Å²) < 4.78 is 4.50. The zero-order chi connectivity index (χ0) is 23.9. The van der Waals surface area contributed by atoms with Crippen molar-refractivity contribution in [1.82, 2.24) is 5.16 Å². The van der Waals surface area contributed by atoms with Crippen LogP contribution in [0.2, 0.25) is 0 Å². The molecule has 0 unspecified atom stereocenters. The van der Waals surface area contributed by atoms with Gasteiger partial charge in [0.15, 0.2) is 0 Å². The maximum Gasteiger partial charge on any atom is 0.279 e. The molecule has 1 heterocycles. The Hall–Kier alpha value is -5.02. The molecule has 0 aliphatic heterocycles. The van der Waals surface area contributed by atoms with E-state index in [1.807, 2.05) is 0 Å². The van der Waals surface area contributed by atoms with E-state index >= 15 is 0 Å². The summed E-state index contributed by atoms with van der Waals surface area (Å²) in [6.45, 7) is 2.30. The zero-order valence-electron chi connectivity index (χ0n) is 16.1. The number of nitro benzene ring substituents is 4. The SMILES string of the molecule is Cc1c([N+](=O)[O-])cc(-c2no[n+]([O-])c2-c2cc([N+](=O)[O-])c(C)c([N+](=O)[O-])c2)cc1[N+](=O)[O-]. The highest BCUT2D eigenvalue weighted by molar-refractivity contribution is 5.81. The normalized spacial score (nSPS) is 10.7. The van der Waals surface area contributed by atoms with E-state index in [-0.39, 0.29) is 27.2 Å². The van der Waals surface area contributed by atoms with Gasteiger partial charge in [-0.1, -0.05) is 0 Å². The van der Waals surface area contributed by atoms with E-state index in [0.29, 0.717) is 0 Å². The molecule has 16 nitrogen and oxygen atoms in total. The Kier molecular flexibility index (Phi) is 5.20.